The van der Waals surface area contributed by atoms with Gasteiger partial charge >= 0.3 is 0 Å². The van der Waals surface area contributed by atoms with Gasteiger partial charge < -0.3 is 0 Å². The summed E-state index contributed by atoms with van der Waals surface area (Å²) in [6.07, 6.45) is 3.66. The molecule has 29 heavy (non-hydrogen) atoms. The minimum Gasteiger partial charge on any atom is -0.254 e. The largest absolute Gasteiger partial charge is 0.254 e. The minimum atomic E-state index is 0.908. The Hall–Kier alpha value is -3.37. The van der Waals surface area contributed by atoms with Crippen LogP contribution >= 0.6 is 15.9 Å². The zero-order valence-electron chi connectivity index (χ0n) is 15.3. The van der Waals surface area contributed by atoms with E-state index < -0.39 is 0 Å². The van der Waals surface area contributed by atoms with Crippen LogP contribution in [-0.4, -0.2) is 15.0 Å². The van der Waals surface area contributed by atoms with Crippen molar-refractivity contribution < 1.29 is 0 Å². The van der Waals surface area contributed by atoms with Gasteiger partial charge in [0.2, 0.25) is 0 Å². The number of halogens is 1. The van der Waals surface area contributed by atoms with E-state index in [-0.39, 0.29) is 0 Å². The van der Waals surface area contributed by atoms with Crippen LogP contribution in [0, 0.1) is 0 Å². The number of pyridine rings is 3. The third-order valence-corrected chi connectivity index (χ3v) is 5.92. The Kier molecular flexibility index (Phi) is 3.61. The molecule has 6 aromatic rings. The van der Waals surface area contributed by atoms with E-state index in [0.717, 1.165) is 53.8 Å². The van der Waals surface area contributed by atoms with Crippen molar-refractivity contribution in [1.29, 1.82) is 0 Å². The summed E-state index contributed by atoms with van der Waals surface area (Å²) in [6.45, 7) is 0. The van der Waals surface area contributed by atoms with Crippen molar-refractivity contribution in [3.8, 4) is 11.3 Å². The predicted octanol–water partition coefficient (Wildman–Crippen LogP) is 6.91. The van der Waals surface area contributed by atoms with Crippen LogP contribution in [0.3, 0.4) is 0 Å². The van der Waals surface area contributed by atoms with E-state index >= 15 is 0 Å². The molecule has 0 saturated heterocycles. The lowest BCUT2D eigenvalue weighted by Gasteiger charge is -2.15. The van der Waals surface area contributed by atoms with Gasteiger partial charge in [0, 0.05) is 49.4 Å². The van der Waals surface area contributed by atoms with Crippen LogP contribution < -0.4 is 0 Å². The average Bonchev–Trinajstić information content (AvgIpc) is 2.79. The van der Waals surface area contributed by atoms with E-state index in [0.29, 0.717) is 0 Å². The van der Waals surface area contributed by atoms with Gasteiger partial charge in [-0.3, -0.25) is 9.97 Å². The van der Waals surface area contributed by atoms with Crippen molar-refractivity contribution in [2.75, 3.05) is 0 Å². The molecule has 0 fully saturated rings. The van der Waals surface area contributed by atoms with Gasteiger partial charge in [-0.15, -0.1) is 0 Å². The SMILES string of the molecule is Brc1ccc(-c2nc3ccccc3c3c4cccnc4c4ncccc4c23)cc1. The number of para-hydroxylation sites is 1. The van der Waals surface area contributed by atoms with Gasteiger partial charge in [-0.2, -0.15) is 0 Å². The third kappa shape index (κ3) is 2.46. The lowest BCUT2D eigenvalue weighted by Crippen LogP contribution is -1.94. The van der Waals surface area contributed by atoms with Gasteiger partial charge in [-0.05, 0) is 30.3 Å². The normalized spacial score (nSPS) is 11.6. The fourth-order valence-electron chi connectivity index (χ4n) is 4.16. The third-order valence-electron chi connectivity index (χ3n) is 5.39. The van der Waals surface area contributed by atoms with Crippen molar-refractivity contribution >= 4 is 59.4 Å². The number of rotatable bonds is 1. The molecule has 0 radical (unpaired) electrons. The van der Waals surface area contributed by atoms with Crippen molar-refractivity contribution in [3.05, 3.63) is 89.7 Å². The zero-order chi connectivity index (χ0) is 19.4. The molecule has 3 nitrogen and oxygen atoms in total. The van der Waals surface area contributed by atoms with Crippen LogP contribution in [0.15, 0.2) is 89.7 Å². The highest BCUT2D eigenvalue weighted by Gasteiger charge is 2.18. The summed E-state index contributed by atoms with van der Waals surface area (Å²) in [5, 5.41) is 5.61. The second kappa shape index (κ2) is 6.33. The number of nitrogens with zero attached hydrogens (tertiary/aromatic N) is 3. The molecule has 4 heteroatoms. The highest BCUT2D eigenvalue weighted by Crippen LogP contribution is 2.41. The molecular formula is C25H14BrN3. The summed E-state index contributed by atoms with van der Waals surface area (Å²) < 4.78 is 1.05. The Labute approximate surface area is 175 Å². The number of hydrogen-bond donors (Lipinski definition) is 0. The molecule has 0 atom stereocenters. The standard InChI is InChI=1S/C25H14BrN3/c26-16-11-9-15(10-12-16)23-22-19-7-4-14-28-25(19)24-18(6-3-13-27-24)21(22)17-5-1-2-8-20(17)29-23/h1-14H. The number of benzene rings is 3. The summed E-state index contributed by atoms with van der Waals surface area (Å²) in [5.41, 5.74) is 4.86. The molecule has 3 aromatic carbocycles. The van der Waals surface area contributed by atoms with Crippen LogP contribution in [0.25, 0.3) is 54.7 Å². The summed E-state index contributed by atoms with van der Waals surface area (Å²) >= 11 is 3.54. The lowest BCUT2D eigenvalue weighted by molar-refractivity contribution is 1.38. The fourth-order valence-corrected chi connectivity index (χ4v) is 4.43. The highest BCUT2D eigenvalue weighted by atomic mass is 79.9. The van der Waals surface area contributed by atoms with Crippen LogP contribution in [0.1, 0.15) is 0 Å². The van der Waals surface area contributed by atoms with Gasteiger partial charge in [0.05, 0.1) is 22.2 Å². The monoisotopic (exact) mass is 435 g/mol. The average molecular weight is 436 g/mol. The number of aromatic nitrogens is 3. The Morgan fingerprint density at radius 2 is 1.21 bits per heavy atom. The Morgan fingerprint density at radius 3 is 1.93 bits per heavy atom. The Bertz CT molecular complexity index is 1560. The van der Waals surface area contributed by atoms with Crippen molar-refractivity contribution in [3.63, 3.8) is 0 Å². The summed E-state index contributed by atoms with van der Waals surface area (Å²) in [5.74, 6) is 0. The molecule has 0 aliphatic carbocycles. The van der Waals surface area contributed by atoms with E-state index in [9.17, 15) is 0 Å². The van der Waals surface area contributed by atoms with Gasteiger partial charge in [-0.25, -0.2) is 4.98 Å². The molecule has 0 spiro atoms. The van der Waals surface area contributed by atoms with Gasteiger partial charge in [0.25, 0.3) is 0 Å². The first-order valence-corrected chi connectivity index (χ1v) is 10.2. The minimum absolute atomic E-state index is 0.908. The molecule has 0 unspecified atom stereocenters. The summed E-state index contributed by atoms with van der Waals surface area (Å²) in [6, 6.07) is 24.9. The maximum atomic E-state index is 5.10. The topological polar surface area (TPSA) is 38.7 Å². The molecule has 0 saturated carbocycles. The molecule has 0 aliphatic heterocycles. The second-order valence-electron chi connectivity index (χ2n) is 7.03. The first-order chi connectivity index (χ1) is 14.3. The second-order valence-corrected chi connectivity index (χ2v) is 7.95. The van der Waals surface area contributed by atoms with Crippen molar-refractivity contribution in [2.45, 2.75) is 0 Å². The highest BCUT2D eigenvalue weighted by molar-refractivity contribution is 9.10. The fraction of sp³-hybridized carbons (Fsp3) is 0. The van der Waals surface area contributed by atoms with Crippen LogP contribution in [0.2, 0.25) is 0 Å². The van der Waals surface area contributed by atoms with E-state index in [1.165, 1.54) is 5.39 Å². The van der Waals surface area contributed by atoms with Crippen molar-refractivity contribution in [2.24, 2.45) is 0 Å². The van der Waals surface area contributed by atoms with E-state index in [2.05, 4.69) is 70.5 Å². The van der Waals surface area contributed by atoms with E-state index in [1.807, 2.05) is 30.6 Å². The zero-order valence-corrected chi connectivity index (χ0v) is 16.9. The molecule has 136 valence electrons. The molecule has 0 bridgehead atoms. The van der Waals surface area contributed by atoms with Crippen molar-refractivity contribution in [1.82, 2.24) is 15.0 Å². The smallest absolute Gasteiger partial charge is 0.0971 e. The van der Waals surface area contributed by atoms with Crippen LogP contribution in [0.4, 0.5) is 0 Å². The van der Waals surface area contributed by atoms with Crippen LogP contribution in [0.5, 0.6) is 0 Å². The molecule has 3 aromatic heterocycles. The summed E-state index contributed by atoms with van der Waals surface area (Å²) in [4.78, 5) is 14.5. The van der Waals surface area contributed by atoms with Gasteiger partial charge in [-0.1, -0.05) is 58.4 Å². The van der Waals surface area contributed by atoms with E-state index in [1.54, 1.807) is 0 Å². The first-order valence-electron chi connectivity index (χ1n) is 9.41. The maximum Gasteiger partial charge on any atom is 0.0971 e. The maximum absolute atomic E-state index is 5.10. The molecular weight excluding hydrogens is 422 g/mol. The van der Waals surface area contributed by atoms with E-state index in [4.69, 9.17) is 15.0 Å². The first kappa shape index (κ1) is 16.6. The summed E-state index contributed by atoms with van der Waals surface area (Å²) in [7, 11) is 0. The lowest BCUT2D eigenvalue weighted by atomic mass is 9.93. The molecule has 6 rings (SSSR count). The van der Waals surface area contributed by atoms with Gasteiger partial charge in [0.15, 0.2) is 0 Å². The predicted molar refractivity (Wildman–Crippen MR) is 123 cm³/mol. The van der Waals surface area contributed by atoms with Crippen LogP contribution in [-0.2, 0) is 0 Å². The Morgan fingerprint density at radius 1 is 0.586 bits per heavy atom. The molecule has 3 heterocycles. The molecule has 0 amide bonds. The number of hydrogen-bond acceptors (Lipinski definition) is 3. The number of fused-ring (bicyclic) bond motifs is 8. The molecule has 0 N–H and O–H groups in total. The quantitative estimate of drug-likeness (QED) is 0.263. The van der Waals surface area contributed by atoms with Gasteiger partial charge in [0.1, 0.15) is 0 Å². The molecule has 0 aliphatic rings. The Balaban J connectivity index is 1.97.